The van der Waals surface area contributed by atoms with Crippen molar-refractivity contribution in [2.24, 2.45) is 11.7 Å². The van der Waals surface area contributed by atoms with Crippen LogP contribution in [0.4, 0.5) is 5.69 Å². The van der Waals surface area contributed by atoms with Crippen molar-refractivity contribution >= 4 is 22.6 Å². The van der Waals surface area contributed by atoms with E-state index < -0.39 is 0 Å². The first-order chi connectivity index (χ1) is 9.69. The fourth-order valence-corrected chi connectivity index (χ4v) is 2.57. The van der Waals surface area contributed by atoms with Gasteiger partial charge in [-0.05, 0) is 18.6 Å². The summed E-state index contributed by atoms with van der Waals surface area (Å²) in [6.45, 7) is 1.43. The van der Waals surface area contributed by atoms with Gasteiger partial charge in [0.1, 0.15) is 5.52 Å². The first-order valence-electron chi connectivity index (χ1n) is 6.53. The summed E-state index contributed by atoms with van der Waals surface area (Å²) in [5.74, 6) is 0.220. The van der Waals surface area contributed by atoms with Crippen molar-refractivity contribution in [3.05, 3.63) is 24.4 Å². The van der Waals surface area contributed by atoms with Gasteiger partial charge in [0.25, 0.3) is 0 Å². The minimum Gasteiger partial charge on any atom is -0.481 e. The molecule has 2 aromatic rings. The molecule has 0 radical (unpaired) electrons. The van der Waals surface area contributed by atoms with E-state index in [1.165, 1.54) is 0 Å². The minimum absolute atomic E-state index is 0.0937. The second kappa shape index (κ2) is 4.96. The fourth-order valence-electron chi connectivity index (χ4n) is 2.57. The Balaban J connectivity index is 2.01. The zero-order valence-corrected chi connectivity index (χ0v) is 11.2. The topological polar surface area (TPSA) is 81.3 Å². The number of ether oxygens (including phenoxy) is 1. The number of hydrogen-bond donors (Lipinski definition) is 1. The van der Waals surface area contributed by atoms with E-state index in [1.54, 1.807) is 19.4 Å². The monoisotopic (exact) mass is 272 g/mol. The van der Waals surface area contributed by atoms with E-state index in [0.29, 0.717) is 12.4 Å². The van der Waals surface area contributed by atoms with Crippen LogP contribution in [0.3, 0.4) is 0 Å². The van der Waals surface area contributed by atoms with Crippen molar-refractivity contribution in [2.45, 2.75) is 6.42 Å². The van der Waals surface area contributed by atoms with Crippen molar-refractivity contribution in [1.29, 1.82) is 0 Å². The zero-order chi connectivity index (χ0) is 14.1. The number of rotatable bonds is 3. The quantitative estimate of drug-likeness (QED) is 0.899. The third-order valence-corrected chi connectivity index (χ3v) is 3.68. The van der Waals surface area contributed by atoms with Crippen molar-refractivity contribution in [3.8, 4) is 5.88 Å². The molecular formula is C14H16N4O2. The molecule has 1 aliphatic rings. The summed E-state index contributed by atoms with van der Waals surface area (Å²) in [6, 6.07) is 5.58. The van der Waals surface area contributed by atoms with Crippen LogP contribution in [-0.4, -0.2) is 36.1 Å². The number of pyridine rings is 2. The Morgan fingerprint density at radius 1 is 1.45 bits per heavy atom. The maximum atomic E-state index is 11.3. The molecule has 1 amide bonds. The molecule has 3 heterocycles. The molecule has 6 nitrogen and oxygen atoms in total. The normalized spacial score (nSPS) is 18.4. The van der Waals surface area contributed by atoms with Crippen LogP contribution >= 0.6 is 0 Å². The lowest BCUT2D eigenvalue weighted by molar-refractivity contribution is -0.121. The van der Waals surface area contributed by atoms with Gasteiger partial charge in [-0.2, -0.15) is 0 Å². The van der Waals surface area contributed by atoms with E-state index in [9.17, 15) is 4.79 Å². The molecule has 3 rings (SSSR count). The predicted octanol–water partition coefficient (Wildman–Crippen LogP) is 0.950. The fraction of sp³-hybridized carbons (Fsp3) is 0.357. The van der Waals surface area contributed by atoms with E-state index in [1.807, 2.05) is 12.1 Å². The molecule has 0 bridgehead atoms. The number of nitrogens with two attached hydrogens (primary N) is 1. The van der Waals surface area contributed by atoms with Gasteiger partial charge in [-0.1, -0.05) is 0 Å². The van der Waals surface area contributed by atoms with Crippen LogP contribution in [0.15, 0.2) is 24.4 Å². The number of nitrogens with zero attached hydrogens (tertiary/aromatic N) is 3. The number of primary amides is 1. The van der Waals surface area contributed by atoms with Gasteiger partial charge in [-0.15, -0.1) is 0 Å². The maximum Gasteiger partial charge on any atom is 0.222 e. The molecule has 1 unspecified atom stereocenters. The number of aromatic nitrogens is 2. The van der Waals surface area contributed by atoms with E-state index in [2.05, 4.69) is 14.9 Å². The van der Waals surface area contributed by atoms with Crippen LogP contribution in [0.5, 0.6) is 5.88 Å². The number of carbonyl (C=O) groups excluding carboxylic acids is 1. The molecule has 2 aromatic heterocycles. The number of amides is 1. The molecule has 2 N–H and O–H groups in total. The molecule has 1 fully saturated rings. The number of anilines is 1. The Bertz CT molecular complexity index is 659. The molecule has 6 heteroatoms. The van der Waals surface area contributed by atoms with E-state index in [-0.39, 0.29) is 11.8 Å². The molecule has 0 spiro atoms. The number of fused-ring (bicyclic) bond motifs is 1. The average Bonchev–Trinajstić information content (AvgIpc) is 2.96. The van der Waals surface area contributed by atoms with Crippen LogP contribution in [0, 0.1) is 5.92 Å². The molecule has 1 atom stereocenters. The minimum atomic E-state index is -0.239. The summed E-state index contributed by atoms with van der Waals surface area (Å²) < 4.78 is 5.17. The lowest BCUT2D eigenvalue weighted by Gasteiger charge is -2.19. The largest absolute Gasteiger partial charge is 0.481 e. The molecule has 1 saturated heterocycles. The van der Waals surface area contributed by atoms with Gasteiger partial charge in [-0.3, -0.25) is 9.78 Å². The number of hydrogen-bond acceptors (Lipinski definition) is 5. The van der Waals surface area contributed by atoms with Crippen LogP contribution in [-0.2, 0) is 4.79 Å². The van der Waals surface area contributed by atoms with Gasteiger partial charge in [0.2, 0.25) is 11.8 Å². The van der Waals surface area contributed by atoms with Crippen LogP contribution in [0.25, 0.3) is 11.0 Å². The Morgan fingerprint density at radius 2 is 2.30 bits per heavy atom. The van der Waals surface area contributed by atoms with Crippen molar-refractivity contribution in [1.82, 2.24) is 9.97 Å². The van der Waals surface area contributed by atoms with Crippen molar-refractivity contribution < 1.29 is 9.53 Å². The summed E-state index contributed by atoms with van der Waals surface area (Å²) in [7, 11) is 1.59. The molecule has 104 valence electrons. The SMILES string of the molecule is COc1ccc2nccc(N3CCC(C(N)=O)C3)c2n1. The van der Waals surface area contributed by atoms with Gasteiger partial charge >= 0.3 is 0 Å². The second-order valence-electron chi connectivity index (χ2n) is 4.89. The summed E-state index contributed by atoms with van der Waals surface area (Å²) in [6.07, 6.45) is 2.53. The maximum absolute atomic E-state index is 11.3. The highest BCUT2D eigenvalue weighted by Crippen LogP contribution is 2.29. The van der Waals surface area contributed by atoms with Gasteiger partial charge < -0.3 is 15.4 Å². The summed E-state index contributed by atoms with van der Waals surface area (Å²) >= 11 is 0. The van der Waals surface area contributed by atoms with E-state index in [0.717, 1.165) is 29.7 Å². The third-order valence-electron chi connectivity index (χ3n) is 3.68. The summed E-state index contributed by atoms with van der Waals surface area (Å²) in [5.41, 5.74) is 7.95. The first kappa shape index (κ1) is 12.7. The zero-order valence-electron chi connectivity index (χ0n) is 11.2. The average molecular weight is 272 g/mol. The van der Waals surface area contributed by atoms with Gasteiger partial charge in [0, 0.05) is 25.4 Å². The number of carbonyl (C=O) groups is 1. The lowest BCUT2D eigenvalue weighted by atomic mass is 10.1. The van der Waals surface area contributed by atoms with Crippen molar-refractivity contribution in [3.63, 3.8) is 0 Å². The van der Waals surface area contributed by atoms with Gasteiger partial charge in [0.05, 0.1) is 24.2 Å². The molecular weight excluding hydrogens is 256 g/mol. The standard InChI is InChI=1S/C14H16N4O2/c1-20-12-3-2-10-13(17-12)11(4-6-16-10)18-7-5-9(8-18)14(15)19/h2-4,6,9H,5,7-8H2,1H3,(H2,15,19). The smallest absolute Gasteiger partial charge is 0.222 e. The van der Waals surface area contributed by atoms with Gasteiger partial charge in [-0.25, -0.2) is 4.98 Å². The van der Waals surface area contributed by atoms with Crippen LogP contribution in [0.2, 0.25) is 0 Å². The third kappa shape index (κ3) is 2.13. The lowest BCUT2D eigenvalue weighted by Crippen LogP contribution is -2.27. The predicted molar refractivity (Wildman–Crippen MR) is 75.6 cm³/mol. The Hall–Kier alpha value is -2.37. The number of methoxy groups -OCH3 is 1. The Morgan fingerprint density at radius 3 is 3.00 bits per heavy atom. The Kier molecular flexibility index (Phi) is 3.14. The molecule has 1 aliphatic heterocycles. The summed E-state index contributed by atoms with van der Waals surface area (Å²) in [4.78, 5) is 22.2. The van der Waals surface area contributed by atoms with Gasteiger partial charge in [0.15, 0.2) is 0 Å². The van der Waals surface area contributed by atoms with E-state index in [4.69, 9.17) is 10.5 Å². The highest BCUT2D eigenvalue weighted by atomic mass is 16.5. The van der Waals surface area contributed by atoms with Crippen LogP contribution < -0.4 is 15.4 Å². The van der Waals surface area contributed by atoms with Crippen molar-refractivity contribution in [2.75, 3.05) is 25.1 Å². The van der Waals surface area contributed by atoms with E-state index >= 15 is 0 Å². The molecule has 0 aliphatic carbocycles. The molecule has 20 heavy (non-hydrogen) atoms. The Labute approximate surface area is 116 Å². The highest BCUT2D eigenvalue weighted by molar-refractivity contribution is 5.89. The molecule has 0 saturated carbocycles. The first-order valence-corrected chi connectivity index (χ1v) is 6.53. The summed E-state index contributed by atoms with van der Waals surface area (Å²) in [5, 5.41) is 0. The highest BCUT2D eigenvalue weighted by Gasteiger charge is 2.28. The molecule has 0 aromatic carbocycles. The second-order valence-corrected chi connectivity index (χ2v) is 4.89. The van der Waals surface area contributed by atoms with Crippen LogP contribution in [0.1, 0.15) is 6.42 Å².